The highest BCUT2D eigenvalue weighted by molar-refractivity contribution is 6.03. The van der Waals surface area contributed by atoms with E-state index in [2.05, 4.69) is 9.58 Å². The van der Waals surface area contributed by atoms with Crippen molar-refractivity contribution in [1.29, 1.82) is 0 Å². The Morgan fingerprint density at radius 3 is 2.53 bits per heavy atom. The molecule has 1 rings (SSSR count). The van der Waals surface area contributed by atoms with Gasteiger partial charge in [0.15, 0.2) is 5.69 Å². The summed E-state index contributed by atoms with van der Waals surface area (Å²) in [6.45, 7) is 7.91. The Hall–Kier alpha value is -2.22. The number of hydrogen-bond acceptors (Lipinski definition) is 3. The second-order valence-electron chi connectivity index (χ2n) is 3.38. The lowest BCUT2D eigenvalue weighted by molar-refractivity contribution is -0.145. The molecule has 1 aromatic carbocycles. The van der Waals surface area contributed by atoms with Crippen LogP contribution in [0.5, 0.6) is 0 Å². The summed E-state index contributed by atoms with van der Waals surface area (Å²) >= 11 is 0. The summed E-state index contributed by atoms with van der Waals surface area (Å²) in [4.78, 5) is 25.8. The maximum absolute atomic E-state index is 13.6. The van der Waals surface area contributed by atoms with Crippen LogP contribution in [0.15, 0.2) is 18.2 Å². The minimum Gasteiger partial charge on any atom is -0.468 e. The third-order valence-electron chi connectivity index (χ3n) is 2.27. The van der Waals surface area contributed by atoms with Gasteiger partial charge in [0.2, 0.25) is 0 Å². The van der Waals surface area contributed by atoms with Gasteiger partial charge >= 0.3 is 5.97 Å². The Morgan fingerprint density at radius 2 is 2.12 bits per heavy atom. The predicted octanol–water partition coefficient (Wildman–Crippen LogP) is 2.22. The average Bonchev–Trinajstić information content (AvgIpc) is 2.30. The van der Waals surface area contributed by atoms with Crippen LogP contribution in [-0.2, 0) is 14.3 Å². The van der Waals surface area contributed by atoms with Crippen LogP contribution >= 0.6 is 0 Å². The van der Waals surface area contributed by atoms with E-state index in [1.807, 2.05) is 0 Å². The maximum atomic E-state index is 13.6. The molecule has 0 aliphatic heterocycles. The van der Waals surface area contributed by atoms with Crippen LogP contribution in [0.2, 0.25) is 0 Å². The largest absolute Gasteiger partial charge is 0.468 e. The summed E-state index contributed by atoms with van der Waals surface area (Å²) in [5, 5.41) is 0. The molecule has 5 heteroatoms. The minimum atomic E-state index is -1.28. The molecule has 0 saturated heterocycles. The Bertz CT molecular complexity index is 505. The van der Waals surface area contributed by atoms with E-state index in [-0.39, 0.29) is 11.3 Å². The minimum absolute atomic E-state index is 0.0725. The van der Waals surface area contributed by atoms with Crippen molar-refractivity contribution in [3.8, 4) is 0 Å². The van der Waals surface area contributed by atoms with Crippen LogP contribution in [0.1, 0.15) is 18.4 Å². The van der Waals surface area contributed by atoms with Gasteiger partial charge in [0.05, 0.1) is 13.7 Å². The van der Waals surface area contributed by atoms with E-state index in [9.17, 15) is 14.0 Å². The quantitative estimate of drug-likeness (QED) is 0.458. The lowest BCUT2D eigenvalue weighted by Crippen LogP contribution is -2.22. The van der Waals surface area contributed by atoms with E-state index >= 15 is 0 Å². The summed E-state index contributed by atoms with van der Waals surface area (Å²) < 4.78 is 18.1. The van der Waals surface area contributed by atoms with Gasteiger partial charge in [-0.1, -0.05) is 12.1 Å². The Kier molecular flexibility index (Phi) is 3.94. The fourth-order valence-electron chi connectivity index (χ4n) is 1.45. The zero-order valence-corrected chi connectivity index (χ0v) is 9.36. The Morgan fingerprint density at radius 1 is 1.47 bits per heavy atom. The Balaban J connectivity index is 3.25. The standard InChI is InChI=1S/C12H10FNO3/c1-7(15)11(12(16)17-3)9-5-4-8(14-2)6-10(9)13/h4-6,11H,1,3H3. The number of nitrogens with zero attached hydrogens (tertiary/aromatic N) is 1. The number of carbonyl (C=O) groups excluding carboxylic acids is 2. The zero-order chi connectivity index (χ0) is 13.0. The van der Waals surface area contributed by atoms with Gasteiger partial charge in [0.1, 0.15) is 17.5 Å². The number of Topliss-reactive ketones (excluding diaryl/α,β-unsaturated/α-hetero) is 1. The van der Waals surface area contributed by atoms with Gasteiger partial charge in [-0.05, 0) is 13.0 Å². The number of halogens is 1. The van der Waals surface area contributed by atoms with Gasteiger partial charge < -0.3 is 4.74 Å². The van der Waals surface area contributed by atoms with Crippen molar-refractivity contribution >= 4 is 17.4 Å². The summed E-state index contributed by atoms with van der Waals surface area (Å²) in [7, 11) is 1.13. The molecule has 0 saturated carbocycles. The number of hydrogen-bond donors (Lipinski definition) is 0. The van der Waals surface area contributed by atoms with Crippen molar-refractivity contribution in [3.63, 3.8) is 0 Å². The van der Waals surface area contributed by atoms with Crippen LogP contribution in [-0.4, -0.2) is 18.9 Å². The summed E-state index contributed by atoms with van der Waals surface area (Å²) in [6, 6.07) is 3.59. The maximum Gasteiger partial charge on any atom is 0.320 e. The Labute approximate surface area is 97.8 Å². The first-order valence-electron chi connectivity index (χ1n) is 4.76. The number of benzene rings is 1. The first-order valence-corrected chi connectivity index (χ1v) is 4.76. The van der Waals surface area contributed by atoms with Crippen LogP contribution in [0, 0.1) is 12.4 Å². The summed E-state index contributed by atoms with van der Waals surface area (Å²) in [5.41, 5.74) is 0.0372. The molecule has 0 bridgehead atoms. The van der Waals surface area contributed by atoms with Crippen LogP contribution in [0.3, 0.4) is 0 Å². The second kappa shape index (κ2) is 5.21. The van der Waals surface area contributed by atoms with Crippen molar-refractivity contribution < 1.29 is 18.7 Å². The van der Waals surface area contributed by atoms with E-state index in [0.717, 1.165) is 13.2 Å². The lowest BCUT2D eigenvalue weighted by atomic mass is 9.95. The third-order valence-corrected chi connectivity index (χ3v) is 2.27. The van der Waals surface area contributed by atoms with Gasteiger partial charge in [0.25, 0.3) is 0 Å². The highest BCUT2D eigenvalue weighted by atomic mass is 19.1. The fraction of sp³-hybridized carbons (Fsp3) is 0.250. The van der Waals surface area contributed by atoms with E-state index in [4.69, 9.17) is 6.57 Å². The predicted molar refractivity (Wildman–Crippen MR) is 58.1 cm³/mol. The normalized spacial score (nSPS) is 11.4. The molecule has 0 fully saturated rings. The molecule has 88 valence electrons. The van der Waals surface area contributed by atoms with Crippen molar-refractivity contribution in [3.05, 3.63) is 41.0 Å². The number of ether oxygens (including phenoxy) is 1. The van der Waals surface area contributed by atoms with Gasteiger partial charge in [-0.25, -0.2) is 9.24 Å². The topological polar surface area (TPSA) is 47.7 Å². The summed E-state index contributed by atoms with van der Waals surface area (Å²) in [5.74, 6) is -3.36. The molecule has 0 heterocycles. The molecule has 17 heavy (non-hydrogen) atoms. The van der Waals surface area contributed by atoms with Gasteiger partial charge in [-0.15, -0.1) is 0 Å². The van der Waals surface area contributed by atoms with E-state index < -0.39 is 23.5 Å². The zero-order valence-electron chi connectivity index (χ0n) is 9.36. The van der Waals surface area contributed by atoms with Crippen molar-refractivity contribution in [2.24, 2.45) is 0 Å². The molecule has 1 unspecified atom stereocenters. The second-order valence-corrected chi connectivity index (χ2v) is 3.38. The molecule has 1 atom stereocenters. The van der Waals surface area contributed by atoms with Crippen molar-refractivity contribution in [2.45, 2.75) is 12.8 Å². The first kappa shape index (κ1) is 12.8. The number of carbonyl (C=O) groups is 2. The molecule has 0 aromatic heterocycles. The highest BCUT2D eigenvalue weighted by Gasteiger charge is 2.28. The van der Waals surface area contributed by atoms with Crippen LogP contribution in [0.25, 0.3) is 4.85 Å². The van der Waals surface area contributed by atoms with E-state index in [1.54, 1.807) is 0 Å². The molecule has 0 aliphatic rings. The molecule has 0 N–H and O–H groups in total. The molecular weight excluding hydrogens is 225 g/mol. The molecule has 0 radical (unpaired) electrons. The van der Waals surface area contributed by atoms with Gasteiger partial charge in [-0.2, -0.15) is 0 Å². The smallest absolute Gasteiger partial charge is 0.320 e. The van der Waals surface area contributed by atoms with Crippen LogP contribution < -0.4 is 0 Å². The molecule has 0 aliphatic carbocycles. The number of rotatable bonds is 3. The number of esters is 1. The van der Waals surface area contributed by atoms with Gasteiger partial charge in [0, 0.05) is 5.56 Å². The molecule has 4 nitrogen and oxygen atoms in total. The lowest BCUT2D eigenvalue weighted by Gasteiger charge is -2.12. The van der Waals surface area contributed by atoms with Crippen LogP contribution in [0.4, 0.5) is 10.1 Å². The number of ketones is 1. The first-order chi connectivity index (χ1) is 8.01. The highest BCUT2D eigenvalue weighted by Crippen LogP contribution is 2.25. The number of methoxy groups -OCH3 is 1. The van der Waals surface area contributed by atoms with E-state index in [1.165, 1.54) is 19.1 Å². The van der Waals surface area contributed by atoms with Crippen molar-refractivity contribution in [2.75, 3.05) is 7.11 Å². The SMILES string of the molecule is [C-]#[N+]c1ccc(C(C(C)=O)C(=O)OC)c(F)c1. The molecule has 0 spiro atoms. The van der Waals surface area contributed by atoms with E-state index in [0.29, 0.717) is 0 Å². The fourth-order valence-corrected chi connectivity index (χ4v) is 1.45. The van der Waals surface area contributed by atoms with Crippen molar-refractivity contribution in [1.82, 2.24) is 0 Å². The molecule has 1 aromatic rings. The molecular formula is C12H10FNO3. The monoisotopic (exact) mass is 235 g/mol. The molecule has 0 amide bonds. The van der Waals surface area contributed by atoms with Gasteiger partial charge in [-0.3, -0.25) is 9.59 Å². The third kappa shape index (κ3) is 2.67. The summed E-state index contributed by atoms with van der Waals surface area (Å²) in [6.07, 6.45) is 0. The average molecular weight is 235 g/mol.